The van der Waals surface area contributed by atoms with Crippen LogP contribution in [0.5, 0.6) is 0 Å². The Labute approximate surface area is 159 Å². The number of carbonyl (C=O) groups excluding carboxylic acids is 1. The van der Waals surface area contributed by atoms with E-state index in [0.717, 1.165) is 50.8 Å². The molecule has 0 aliphatic heterocycles. The zero-order valence-corrected chi connectivity index (χ0v) is 18.1. The van der Waals surface area contributed by atoms with Crippen LogP contribution in [0.1, 0.15) is 46.0 Å². The van der Waals surface area contributed by atoms with Crippen molar-refractivity contribution < 1.29 is 13.8 Å². The molecule has 0 heterocycles. The van der Waals surface area contributed by atoms with Gasteiger partial charge in [0.15, 0.2) is 8.38 Å². The highest BCUT2D eigenvalue weighted by Crippen LogP contribution is 2.32. The highest BCUT2D eigenvalue weighted by atomic mass is 32.2. The van der Waals surface area contributed by atoms with E-state index in [1.165, 1.54) is 5.57 Å². The van der Waals surface area contributed by atoms with Gasteiger partial charge >= 0.3 is 0 Å². The summed E-state index contributed by atoms with van der Waals surface area (Å²) >= 11 is 1.86. The Bertz CT molecular complexity index is 468. The van der Waals surface area contributed by atoms with Gasteiger partial charge in [-0.25, -0.2) is 0 Å². The molecule has 1 amide bonds. The smallest absolute Gasteiger partial charge is 0.247 e. The summed E-state index contributed by atoms with van der Waals surface area (Å²) in [5.74, 6) is 0.399. The van der Waals surface area contributed by atoms with E-state index in [-0.39, 0.29) is 5.91 Å². The lowest BCUT2D eigenvalue weighted by molar-refractivity contribution is -0.118. The van der Waals surface area contributed by atoms with Crippen LogP contribution in [0.4, 0.5) is 0 Å². The summed E-state index contributed by atoms with van der Waals surface area (Å²) in [6, 6.07) is 0. The molecule has 1 rings (SSSR count). The van der Waals surface area contributed by atoms with Crippen molar-refractivity contribution in [2.24, 2.45) is 5.92 Å². The number of nitrogens with one attached hydrogen (secondary N) is 1. The monoisotopic (exact) mass is 387 g/mol. The number of hydrogen-bond acceptors (Lipinski definition) is 4. The van der Waals surface area contributed by atoms with Crippen molar-refractivity contribution in [1.82, 2.24) is 5.32 Å². The van der Waals surface area contributed by atoms with Crippen LogP contribution in [0.15, 0.2) is 23.3 Å². The molecule has 0 aromatic heterocycles. The largest absolute Gasteiger partial charge is 0.352 e. The second-order valence-corrected chi connectivity index (χ2v) is 9.15. The second kappa shape index (κ2) is 12.9. The van der Waals surface area contributed by atoms with Gasteiger partial charge in [0.25, 0.3) is 0 Å². The number of carbonyl (C=O) groups is 1. The predicted molar refractivity (Wildman–Crippen MR) is 110 cm³/mol. The van der Waals surface area contributed by atoms with Gasteiger partial charge in [-0.3, -0.25) is 4.79 Å². The van der Waals surface area contributed by atoms with Gasteiger partial charge in [-0.2, -0.15) is 11.8 Å². The average molecular weight is 388 g/mol. The van der Waals surface area contributed by atoms with Crippen LogP contribution in [0.3, 0.4) is 0 Å². The maximum absolute atomic E-state index is 12.4. The van der Waals surface area contributed by atoms with Gasteiger partial charge in [-0.05, 0) is 38.4 Å². The van der Waals surface area contributed by atoms with Crippen molar-refractivity contribution >= 4 is 26.0 Å². The molecule has 1 N–H and O–H groups in total. The first-order valence-corrected chi connectivity index (χ1v) is 12.0. The van der Waals surface area contributed by atoms with Crippen molar-refractivity contribution in [2.75, 3.05) is 33.2 Å². The minimum Gasteiger partial charge on any atom is -0.352 e. The maximum Gasteiger partial charge on any atom is 0.247 e. The van der Waals surface area contributed by atoms with Crippen LogP contribution in [-0.2, 0) is 13.8 Å². The Morgan fingerprint density at radius 1 is 1.36 bits per heavy atom. The molecule has 0 saturated heterocycles. The minimum atomic E-state index is -0.704. The normalized spacial score (nSPS) is 19.8. The third kappa shape index (κ3) is 8.72. The summed E-state index contributed by atoms with van der Waals surface area (Å²) in [6.07, 6.45) is 11.6. The first-order chi connectivity index (χ1) is 12.0. The number of thioether (sulfide) groups is 1. The molecule has 0 bridgehead atoms. The molecule has 0 radical (unpaired) electrons. The van der Waals surface area contributed by atoms with E-state index in [4.69, 9.17) is 9.05 Å². The molecule has 0 spiro atoms. The van der Waals surface area contributed by atoms with E-state index >= 15 is 0 Å². The van der Waals surface area contributed by atoms with Crippen LogP contribution in [0.2, 0.25) is 0 Å². The fraction of sp³-hybridized carbons (Fsp3) is 0.737. The topological polar surface area (TPSA) is 47.6 Å². The molecule has 4 nitrogen and oxygen atoms in total. The Kier molecular flexibility index (Phi) is 11.7. The van der Waals surface area contributed by atoms with Crippen molar-refractivity contribution in [3.63, 3.8) is 0 Å². The molecular weight excluding hydrogens is 353 g/mol. The van der Waals surface area contributed by atoms with Gasteiger partial charge in [0.2, 0.25) is 5.91 Å². The molecule has 25 heavy (non-hydrogen) atoms. The summed E-state index contributed by atoms with van der Waals surface area (Å²) in [5, 5.41) is 3.60. The molecule has 0 aromatic rings. The number of hydrogen-bond donors (Lipinski definition) is 1. The molecule has 1 aliphatic rings. The van der Waals surface area contributed by atoms with E-state index in [2.05, 4.69) is 31.5 Å². The molecule has 0 aromatic carbocycles. The van der Waals surface area contributed by atoms with E-state index in [1.807, 2.05) is 24.5 Å². The van der Waals surface area contributed by atoms with Crippen LogP contribution in [0.25, 0.3) is 0 Å². The summed E-state index contributed by atoms with van der Waals surface area (Å²) in [5.41, 5.74) is 2.35. The second-order valence-electron chi connectivity index (χ2n) is 6.47. The van der Waals surface area contributed by atoms with Crippen molar-refractivity contribution in [3.05, 3.63) is 23.3 Å². The number of unbranched alkanes of at least 4 members (excludes halogenated alkanes) is 3. The van der Waals surface area contributed by atoms with Crippen molar-refractivity contribution in [3.8, 4) is 0 Å². The Morgan fingerprint density at radius 2 is 2.08 bits per heavy atom. The molecule has 0 fully saturated rings. The van der Waals surface area contributed by atoms with Crippen molar-refractivity contribution in [2.45, 2.75) is 51.2 Å². The summed E-state index contributed by atoms with van der Waals surface area (Å²) < 4.78 is 10.6. The standard InChI is InChI=1S/C19H34NO3PS/c1-15-14-17(16(2)25-5)10-11-18(15)19(21)20-12-8-6-7-9-13-23-24(4)22-3/h10-11,15-16H,6-9,12-14H2,1-5H3,(H,20,21). The first-order valence-electron chi connectivity index (χ1n) is 9.12. The Balaban J connectivity index is 2.20. The highest BCUT2D eigenvalue weighted by molar-refractivity contribution is 7.99. The van der Waals surface area contributed by atoms with Gasteiger partial charge in [-0.1, -0.05) is 37.5 Å². The molecule has 144 valence electrons. The molecular formula is C19H34NO3PS. The Morgan fingerprint density at radius 3 is 2.72 bits per heavy atom. The Hall–Kier alpha value is -0.350. The molecule has 3 unspecified atom stereocenters. The third-order valence-electron chi connectivity index (χ3n) is 4.57. The summed E-state index contributed by atoms with van der Waals surface area (Å²) in [7, 11) is 0.973. The lowest BCUT2D eigenvalue weighted by atomic mass is 9.87. The fourth-order valence-electron chi connectivity index (χ4n) is 2.78. The zero-order chi connectivity index (χ0) is 18.7. The van der Waals surface area contributed by atoms with Gasteiger partial charge < -0.3 is 14.4 Å². The van der Waals surface area contributed by atoms with Crippen LogP contribution >= 0.6 is 20.1 Å². The maximum atomic E-state index is 12.4. The van der Waals surface area contributed by atoms with Crippen LogP contribution in [-0.4, -0.2) is 44.3 Å². The highest BCUT2D eigenvalue weighted by Gasteiger charge is 2.22. The average Bonchev–Trinajstić information content (AvgIpc) is 2.62. The first kappa shape index (κ1) is 22.7. The minimum absolute atomic E-state index is 0.0969. The fourth-order valence-corrected chi connectivity index (χ4v) is 3.74. The predicted octanol–water partition coefficient (Wildman–Crippen LogP) is 4.91. The third-order valence-corrected chi connectivity index (χ3v) is 6.64. The SMILES string of the molecule is COP(C)OCCCCCCNC(=O)C1=CC=C(C(C)SC)CC1C. The quantitative estimate of drug-likeness (QED) is 0.382. The van der Waals surface area contributed by atoms with E-state index < -0.39 is 8.38 Å². The summed E-state index contributed by atoms with van der Waals surface area (Å²) in [6.45, 7) is 7.85. The zero-order valence-electron chi connectivity index (χ0n) is 16.3. The van der Waals surface area contributed by atoms with Crippen LogP contribution < -0.4 is 5.32 Å². The number of allylic oxidation sites excluding steroid dienone is 2. The lowest BCUT2D eigenvalue weighted by Gasteiger charge is -2.24. The van der Waals surface area contributed by atoms with Gasteiger partial charge in [-0.15, -0.1) is 0 Å². The van der Waals surface area contributed by atoms with Gasteiger partial charge in [0.1, 0.15) is 0 Å². The summed E-state index contributed by atoms with van der Waals surface area (Å²) in [4.78, 5) is 12.4. The van der Waals surface area contributed by atoms with E-state index in [1.54, 1.807) is 7.11 Å². The van der Waals surface area contributed by atoms with Crippen molar-refractivity contribution in [1.29, 1.82) is 0 Å². The van der Waals surface area contributed by atoms with Gasteiger partial charge in [0.05, 0.1) is 6.61 Å². The number of amides is 1. The van der Waals surface area contributed by atoms with Crippen LogP contribution in [0, 0.1) is 5.92 Å². The molecule has 3 atom stereocenters. The molecule has 6 heteroatoms. The lowest BCUT2D eigenvalue weighted by Crippen LogP contribution is -2.29. The molecule has 1 aliphatic carbocycles. The van der Waals surface area contributed by atoms with E-state index in [0.29, 0.717) is 11.2 Å². The van der Waals surface area contributed by atoms with Gasteiger partial charge in [0, 0.05) is 31.1 Å². The van der Waals surface area contributed by atoms with E-state index in [9.17, 15) is 4.79 Å². The molecule has 0 saturated carbocycles. The number of rotatable bonds is 12.